The monoisotopic (exact) mass is 925 g/mol. The molecule has 66 heavy (non-hydrogen) atoms. The summed E-state index contributed by atoms with van der Waals surface area (Å²) in [5.41, 5.74) is 8.28. The van der Waals surface area contributed by atoms with Crippen LogP contribution in [0.5, 0.6) is 11.5 Å². The number of aliphatic imine (C=N–C) groups is 1. The van der Waals surface area contributed by atoms with E-state index in [4.69, 9.17) is 22.0 Å². The second kappa shape index (κ2) is 19.6. The van der Waals surface area contributed by atoms with E-state index in [-0.39, 0.29) is 47.2 Å². The fourth-order valence-electron chi connectivity index (χ4n) is 8.97. The van der Waals surface area contributed by atoms with Crippen molar-refractivity contribution in [2.45, 2.75) is 85.2 Å². The van der Waals surface area contributed by atoms with Gasteiger partial charge in [0.2, 0.25) is 5.91 Å². The second-order valence-corrected chi connectivity index (χ2v) is 19.4. The van der Waals surface area contributed by atoms with Crippen LogP contribution in [0.15, 0.2) is 94.7 Å². The number of carbonyl (C=O) groups is 1. The van der Waals surface area contributed by atoms with Crippen LogP contribution in [0.3, 0.4) is 0 Å². The summed E-state index contributed by atoms with van der Waals surface area (Å²) < 4.78 is 1.45. The van der Waals surface area contributed by atoms with Gasteiger partial charge in [0.25, 0.3) is 0 Å². The van der Waals surface area contributed by atoms with Crippen LogP contribution >= 0.6 is 22.9 Å². The van der Waals surface area contributed by atoms with E-state index in [1.54, 1.807) is 17.9 Å². The third kappa shape index (κ3) is 9.91. The fourth-order valence-corrected chi connectivity index (χ4v) is 10.3. The zero-order valence-corrected chi connectivity index (χ0v) is 39.5. The zero-order chi connectivity index (χ0) is 46.8. The largest absolute Gasteiger partial charge is 0.508 e. The number of phenolic OH excluding ortho intramolecular Hbond substituents is 2. The Bertz CT molecular complexity index is 2860. The van der Waals surface area contributed by atoms with Gasteiger partial charge >= 0.3 is 5.69 Å². The number of fused-ring (bicyclic) bond motifs is 1. The number of rotatable bonds is 13. The van der Waals surface area contributed by atoms with Gasteiger partial charge in [-0.25, -0.2) is 14.5 Å². The number of aromatic nitrogens is 3. The molecule has 0 spiro atoms. The van der Waals surface area contributed by atoms with E-state index in [9.17, 15) is 25.2 Å². The number of likely N-dealkylation sites (tertiary alicyclic amines) is 1. The Morgan fingerprint density at radius 1 is 0.955 bits per heavy atom. The number of hydrogen-bond acceptors (Lipinski definition) is 10. The molecule has 1 atom stereocenters. The molecule has 4 aromatic carbocycles. The molecule has 15 heteroatoms. The summed E-state index contributed by atoms with van der Waals surface area (Å²) in [6.07, 6.45) is 3.78. The predicted molar refractivity (Wildman–Crippen MR) is 265 cm³/mol. The molecule has 1 saturated heterocycles. The molecule has 4 heterocycles. The quantitative estimate of drug-likeness (QED) is 0.0492. The van der Waals surface area contributed by atoms with E-state index < -0.39 is 11.7 Å². The number of amidine groups is 2. The van der Waals surface area contributed by atoms with Gasteiger partial charge in [-0.1, -0.05) is 74.0 Å². The number of aryl methyl sites for hydroxylation is 1. The molecular weight excluding hydrogens is 870 g/mol. The Morgan fingerprint density at radius 3 is 2.29 bits per heavy atom. The standard InChI is InChI=1S/C51H56ClN9O4S/c1-29(2)40-25-41(44(63)27-43(40)62)49-57-58-51(65)61(49)39-16-10-34(11-17-39)24-35-19-22-59(23-20-35)28-36-8-6-33(7-9-36)18-21-55-45(64)26-42-48(54)60(32(5)53)50-46(30(3)31(4)66-50)47(56-42)37-12-14-38(52)15-13-37/h6-17,25,27,29,35,42,53-54,62-63H,18-24,26,28H2,1-5H3,(H,55,64)(H,58,65)/t42-/m0/s1. The highest BCUT2D eigenvalue weighted by atomic mass is 35.5. The maximum atomic E-state index is 13.4. The van der Waals surface area contributed by atoms with Crippen molar-refractivity contribution in [3.05, 3.63) is 144 Å². The van der Waals surface area contributed by atoms with Gasteiger partial charge in [0.15, 0.2) is 5.82 Å². The third-order valence-electron chi connectivity index (χ3n) is 12.8. The molecule has 2 aliphatic rings. The molecule has 13 nitrogen and oxygen atoms in total. The summed E-state index contributed by atoms with van der Waals surface area (Å²) in [6.45, 7) is 13.0. The molecule has 0 radical (unpaired) electrons. The zero-order valence-electron chi connectivity index (χ0n) is 37.9. The minimum absolute atomic E-state index is 0.00110. The van der Waals surface area contributed by atoms with Crippen molar-refractivity contribution in [1.29, 1.82) is 10.8 Å². The average Bonchev–Trinajstić information content (AvgIpc) is 3.77. The molecule has 342 valence electrons. The number of anilines is 1. The van der Waals surface area contributed by atoms with Gasteiger partial charge in [0, 0.05) is 40.2 Å². The lowest BCUT2D eigenvalue weighted by molar-refractivity contribution is -0.121. The topological polar surface area (TPSA) is 187 Å². The number of carbonyl (C=O) groups excluding carboxylic acids is 1. The van der Waals surface area contributed by atoms with Crippen LogP contribution < -0.4 is 15.9 Å². The first-order chi connectivity index (χ1) is 31.6. The van der Waals surface area contributed by atoms with Crippen LogP contribution in [0, 0.1) is 30.6 Å². The van der Waals surface area contributed by atoms with Crippen molar-refractivity contribution in [3.8, 4) is 28.6 Å². The molecule has 1 amide bonds. The molecule has 6 aromatic rings. The normalized spacial score (nSPS) is 15.7. The number of phenols is 2. The number of nitrogens with zero attached hydrogens (tertiary/aromatic N) is 5. The Morgan fingerprint density at radius 2 is 1.62 bits per heavy atom. The number of thiophene rings is 1. The number of halogens is 1. The van der Waals surface area contributed by atoms with E-state index in [1.165, 1.54) is 33.1 Å². The van der Waals surface area contributed by atoms with E-state index in [1.807, 2.05) is 64.1 Å². The van der Waals surface area contributed by atoms with Gasteiger partial charge in [-0.2, -0.15) is 5.10 Å². The lowest BCUT2D eigenvalue weighted by Gasteiger charge is -2.32. The van der Waals surface area contributed by atoms with E-state index >= 15 is 0 Å². The first-order valence-electron chi connectivity index (χ1n) is 22.4. The SMILES string of the molecule is CC(=N)N1C(=N)[C@H](CC(=O)NCCc2ccc(CN3CCC(Cc4ccc(-n5c(-c6cc(C(C)C)c(O)cc6O)n[nH]c5=O)cc4)CC3)cc2)N=C(c2ccc(Cl)cc2)c2c1sc(C)c2C. The molecule has 6 N–H and O–H groups in total. The maximum Gasteiger partial charge on any atom is 0.348 e. The first-order valence-corrected chi connectivity index (χ1v) is 23.6. The molecule has 0 unspecified atom stereocenters. The minimum Gasteiger partial charge on any atom is -0.508 e. The molecule has 0 bridgehead atoms. The Hall–Kier alpha value is -6.35. The first kappa shape index (κ1) is 46.2. The Kier molecular flexibility index (Phi) is 13.7. The van der Waals surface area contributed by atoms with Gasteiger partial charge in [-0.05, 0) is 130 Å². The summed E-state index contributed by atoms with van der Waals surface area (Å²) >= 11 is 7.76. The summed E-state index contributed by atoms with van der Waals surface area (Å²) in [4.78, 5) is 36.6. The van der Waals surface area contributed by atoms with E-state index in [0.717, 1.165) is 71.0 Å². The van der Waals surface area contributed by atoms with Crippen LogP contribution in [0.4, 0.5) is 5.00 Å². The van der Waals surface area contributed by atoms with Gasteiger partial charge in [-0.3, -0.25) is 30.4 Å². The summed E-state index contributed by atoms with van der Waals surface area (Å²) in [5.74, 6) is 0.787. The molecule has 8 rings (SSSR count). The highest BCUT2D eigenvalue weighted by molar-refractivity contribution is 7.17. The maximum absolute atomic E-state index is 13.4. The van der Waals surface area contributed by atoms with Crippen molar-refractivity contribution in [3.63, 3.8) is 0 Å². The van der Waals surface area contributed by atoms with Crippen LogP contribution in [-0.4, -0.2) is 78.8 Å². The minimum atomic E-state index is -0.781. The predicted octanol–water partition coefficient (Wildman–Crippen LogP) is 9.30. The van der Waals surface area contributed by atoms with Crippen LogP contribution in [-0.2, 0) is 24.2 Å². The van der Waals surface area contributed by atoms with Crippen molar-refractivity contribution < 1.29 is 15.0 Å². The Labute approximate surface area is 393 Å². The fraction of sp³-hybridized carbons (Fsp3) is 0.333. The highest BCUT2D eigenvalue weighted by Crippen LogP contribution is 2.41. The Balaban J connectivity index is 0.819. The number of benzene rings is 4. The van der Waals surface area contributed by atoms with Crippen LogP contribution in [0.2, 0.25) is 5.02 Å². The van der Waals surface area contributed by atoms with E-state index in [2.05, 4.69) is 56.8 Å². The number of aromatic hydroxyl groups is 2. The number of hydrogen-bond donors (Lipinski definition) is 6. The number of H-pyrrole nitrogens is 1. The molecule has 2 aliphatic heterocycles. The summed E-state index contributed by atoms with van der Waals surface area (Å²) in [5, 5.41) is 50.0. The van der Waals surface area contributed by atoms with Crippen molar-refractivity contribution in [2.75, 3.05) is 24.5 Å². The van der Waals surface area contributed by atoms with Gasteiger partial charge in [0.05, 0.1) is 23.4 Å². The lowest BCUT2D eigenvalue weighted by atomic mass is 9.90. The number of aromatic amines is 1. The number of nitrogens with one attached hydrogen (secondary N) is 4. The average molecular weight is 927 g/mol. The number of amides is 1. The molecular formula is C51H56ClN9O4S. The summed E-state index contributed by atoms with van der Waals surface area (Å²) in [6, 6.07) is 26.2. The van der Waals surface area contributed by atoms with E-state index in [0.29, 0.717) is 46.4 Å². The van der Waals surface area contributed by atoms with Crippen molar-refractivity contribution in [2.24, 2.45) is 10.9 Å². The second-order valence-electron chi connectivity index (χ2n) is 17.8. The highest BCUT2D eigenvalue weighted by Gasteiger charge is 2.35. The molecule has 0 aliphatic carbocycles. The van der Waals surface area contributed by atoms with Crippen molar-refractivity contribution in [1.82, 2.24) is 25.0 Å². The molecule has 2 aromatic heterocycles. The molecule has 0 saturated carbocycles. The van der Waals surface area contributed by atoms with Gasteiger partial charge in [0.1, 0.15) is 34.2 Å². The summed E-state index contributed by atoms with van der Waals surface area (Å²) in [7, 11) is 0. The smallest absolute Gasteiger partial charge is 0.348 e. The van der Waals surface area contributed by atoms with Gasteiger partial charge < -0.3 is 15.5 Å². The van der Waals surface area contributed by atoms with Gasteiger partial charge in [-0.15, -0.1) is 11.3 Å². The lowest BCUT2D eigenvalue weighted by Crippen LogP contribution is -2.42. The van der Waals surface area contributed by atoms with Crippen molar-refractivity contribution >= 4 is 51.2 Å². The van der Waals surface area contributed by atoms with Crippen LogP contribution in [0.1, 0.15) is 89.8 Å². The number of piperidine rings is 1. The third-order valence-corrected chi connectivity index (χ3v) is 14.2. The molecule has 1 fully saturated rings. The van der Waals surface area contributed by atoms with Crippen LogP contribution in [0.25, 0.3) is 17.1 Å².